The van der Waals surface area contributed by atoms with E-state index in [9.17, 15) is 5.11 Å². The summed E-state index contributed by atoms with van der Waals surface area (Å²) in [6, 6.07) is 5.30. The largest absolute Gasteiger partial charge is 0.495 e. The van der Waals surface area contributed by atoms with Gasteiger partial charge >= 0.3 is 0 Å². The van der Waals surface area contributed by atoms with Gasteiger partial charge in [-0.2, -0.15) is 0 Å². The van der Waals surface area contributed by atoms with Crippen LogP contribution in [0.4, 0.5) is 0 Å². The van der Waals surface area contributed by atoms with Gasteiger partial charge in [-0.05, 0) is 13.0 Å². The molecule has 1 N–H and O–H groups in total. The Morgan fingerprint density at radius 2 is 2.17 bits per heavy atom. The van der Waals surface area contributed by atoms with E-state index in [1.165, 1.54) is 7.11 Å². The number of methoxy groups -OCH3 is 1. The van der Waals surface area contributed by atoms with Gasteiger partial charge < -0.3 is 9.84 Å². The van der Waals surface area contributed by atoms with Crippen molar-refractivity contribution in [1.29, 1.82) is 0 Å². The minimum atomic E-state index is -0.557. The smallest absolute Gasteiger partial charge is 0.143 e. The number of benzene rings is 1. The van der Waals surface area contributed by atoms with Crippen LogP contribution in [0.25, 0.3) is 0 Å². The third-order valence-corrected chi connectivity index (χ3v) is 1.95. The van der Waals surface area contributed by atoms with Gasteiger partial charge in [0.05, 0.1) is 18.2 Å². The van der Waals surface area contributed by atoms with Crippen LogP contribution in [0.1, 0.15) is 18.6 Å². The number of rotatable bonds is 2. The molecule has 0 heterocycles. The minimum Gasteiger partial charge on any atom is -0.495 e. The second kappa shape index (κ2) is 3.78. The molecule has 12 heavy (non-hydrogen) atoms. The topological polar surface area (TPSA) is 29.5 Å². The maximum Gasteiger partial charge on any atom is 0.143 e. The molecular weight excluding hydrogens is 176 g/mol. The first kappa shape index (κ1) is 9.36. The van der Waals surface area contributed by atoms with Gasteiger partial charge in [0, 0.05) is 5.56 Å². The van der Waals surface area contributed by atoms with Crippen molar-refractivity contribution in [3.63, 3.8) is 0 Å². The molecule has 0 unspecified atom stereocenters. The number of aliphatic hydroxyl groups is 1. The van der Waals surface area contributed by atoms with E-state index in [0.29, 0.717) is 16.3 Å². The molecule has 2 nitrogen and oxygen atoms in total. The van der Waals surface area contributed by atoms with Crippen molar-refractivity contribution in [3.8, 4) is 5.75 Å². The first-order valence-corrected chi connectivity index (χ1v) is 4.05. The van der Waals surface area contributed by atoms with Crippen molar-refractivity contribution in [2.24, 2.45) is 0 Å². The lowest BCUT2D eigenvalue weighted by atomic mass is 10.1. The Balaban J connectivity index is 3.18. The predicted octanol–water partition coefficient (Wildman–Crippen LogP) is 2.40. The lowest BCUT2D eigenvalue weighted by molar-refractivity contribution is 0.194. The van der Waals surface area contributed by atoms with Crippen LogP contribution in [0, 0.1) is 0 Å². The van der Waals surface area contributed by atoms with Crippen molar-refractivity contribution < 1.29 is 9.84 Å². The van der Waals surface area contributed by atoms with Crippen LogP contribution in [0.2, 0.25) is 5.02 Å². The SMILES string of the molecule is COc1c(Cl)cccc1[C@H](C)O. The van der Waals surface area contributed by atoms with Crippen LogP contribution in [0.5, 0.6) is 5.75 Å². The van der Waals surface area contributed by atoms with E-state index in [-0.39, 0.29) is 0 Å². The molecule has 0 spiro atoms. The Kier molecular flexibility index (Phi) is 2.95. The molecule has 0 aromatic heterocycles. The van der Waals surface area contributed by atoms with Crippen molar-refractivity contribution >= 4 is 11.6 Å². The van der Waals surface area contributed by atoms with Crippen LogP contribution in [-0.2, 0) is 0 Å². The molecule has 0 bridgehead atoms. The summed E-state index contributed by atoms with van der Waals surface area (Å²) in [6.45, 7) is 1.67. The molecule has 1 aromatic rings. The van der Waals surface area contributed by atoms with Crippen LogP contribution in [0.15, 0.2) is 18.2 Å². The maximum absolute atomic E-state index is 9.32. The van der Waals surface area contributed by atoms with Gasteiger partial charge in [-0.25, -0.2) is 0 Å². The fraction of sp³-hybridized carbons (Fsp3) is 0.333. The molecule has 0 fully saturated rings. The van der Waals surface area contributed by atoms with Gasteiger partial charge in [-0.3, -0.25) is 0 Å². The molecule has 0 aliphatic heterocycles. The number of ether oxygens (including phenoxy) is 1. The summed E-state index contributed by atoms with van der Waals surface area (Å²) in [5.41, 5.74) is 0.713. The highest BCUT2D eigenvalue weighted by Gasteiger charge is 2.10. The average Bonchev–Trinajstić information content (AvgIpc) is 2.03. The van der Waals surface area contributed by atoms with E-state index >= 15 is 0 Å². The van der Waals surface area contributed by atoms with Gasteiger partial charge in [-0.15, -0.1) is 0 Å². The van der Waals surface area contributed by atoms with Crippen LogP contribution >= 0.6 is 11.6 Å². The quantitative estimate of drug-likeness (QED) is 0.769. The summed E-state index contributed by atoms with van der Waals surface area (Å²) >= 11 is 5.84. The summed E-state index contributed by atoms with van der Waals surface area (Å²) in [4.78, 5) is 0. The van der Waals surface area contributed by atoms with Crippen molar-refractivity contribution in [3.05, 3.63) is 28.8 Å². The summed E-state index contributed by atoms with van der Waals surface area (Å²) in [7, 11) is 1.53. The normalized spacial score (nSPS) is 12.7. The van der Waals surface area contributed by atoms with Crippen LogP contribution in [0.3, 0.4) is 0 Å². The molecular formula is C9H11ClO2. The Hall–Kier alpha value is -0.730. The molecule has 0 aliphatic rings. The molecule has 3 heteroatoms. The zero-order valence-electron chi connectivity index (χ0n) is 7.04. The highest BCUT2D eigenvalue weighted by Crippen LogP contribution is 2.31. The van der Waals surface area contributed by atoms with Gasteiger partial charge in [0.1, 0.15) is 5.75 Å². The molecule has 0 saturated carbocycles. The summed E-state index contributed by atoms with van der Waals surface area (Å²) < 4.78 is 5.05. The van der Waals surface area contributed by atoms with Gasteiger partial charge in [-0.1, -0.05) is 23.7 Å². The number of para-hydroxylation sites is 1. The third-order valence-electron chi connectivity index (χ3n) is 1.65. The highest BCUT2D eigenvalue weighted by molar-refractivity contribution is 6.32. The molecule has 1 aromatic carbocycles. The summed E-state index contributed by atoms with van der Waals surface area (Å²) in [5, 5.41) is 9.85. The first-order chi connectivity index (χ1) is 5.66. The second-order valence-electron chi connectivity index (χ2n) is 2.54. The molecule has 0 radical (unpaired) electrons. The van der Waals surface area contributed by atoms with E-state index in [1.54, 1.807) is 25.1 Å². The number of halogens is 1. The van der Waals surface area contributed by atoms with E-state index in [4.69, 9.17) is 16.3 Å². The standard InChI is InChI=1S/C9H11ClO2/c1-6(11)7-4-3-5-8(10)9(7)12-2/h3-6,11H,1-2H3/t6-/m0/s1. The van der Waals surface area contributed by atoms with Crippen LogP contribution < -0.4 is 4.74 Å². The zero-order valence-corrected chi connectivity index (χ0v) is 7.80. The number of hydrogen-bond donors (Lipinski definition) is 1. The Morgan fingerprint density at radius 1 is 1.50 bits per heavy atom. The number of hydrogen-bond acceptors (Lipinski definition) is 2. The molecule has 0 aliphatic carbocycles. The molecule has 66 valence electrons. The zero-order chi connectivity index (χ0) is 9.14. The summed E-state index contributed by atoms with van der Waals surface area (Å²) in [5.74, 6) is 0.550. The molecule has 0 amide bonds. The lowest BCUT2D eigenvalue weighted by Crippen LogP contribution is -1.96. The van der Waals surface area contributed by atoms with Crippen molar-refractivity contribution in [1.82, 2.24) is 0 Å². The van der Waals surface area contributed by atoms with E-state index in [1.807, 2.05) is 0 Å². The van der Waals surface area contributed by atoms with Gasteiger partial charge in [0.2, 0.25) is 0 Å². The molecule has 1 rings (SSSR count). The maximum atomic E-state index is 9.32. The van der Waals surface area contributed by atoms with E-state index in [2.05, 4.69) is 0 Å². The Bertz CT molecular complexity index is 271. The van der Waals surface area contributed by atoms with E-state index in [0.717, 1.165) is 0 Å². The molecule has 0 saturated heterocycles. The fourth-order valence-electron chi connectivity index (χ4n) is 1.07. The minimum absolute atomic E-state index is 0.524. The summed E-state index contributed by atoms with van der Waals surface area (Å²) in [6.07, 6.45) is -0.557. The van der Waals surface area contributed by atoms with Crippen molar-refractivity contribution in [2.45, 2.75) is 13.0 Å². The van der Waals surface area contributed by atoms with Crippen LogP contribution in [-0.4, -0.2) is 12.2 Å². The lowest BCUT2D eigenvalue weighted by Gasteiger charge is -2.11. The monoisotopic (exact) mass is 186 g/mol. The molecule has 1 atom stereocenters. The Morgan fingerprint density at radius 3 is 2.58 bits per heavy atom. The van der Waals surface area contributed by atoms with Gasteiger partial charge in [0.15, 0.2) is 0 Å². The number of aliphatic hydroxyl groups excluding tert-OH is 1. The second-order valence-corrected chi connectivity index (χ2v) is 2.95. The van der Waals surface area contributed by atoms with E-state index < -0.39 is 6.10 Å². The van der Waals surface area contributed by atoms with Gasteiger partial charge in [0.25, 0.3) is 0 Å². The van der Waals surface area contributed by atoms with Crippen molar-refractivity contribution in [2.75, 3.05) is 7.11 Å². The Labute approximate surface area is 76.7 Å². The average molecular weight is 187 g/mol. The highest BCUT2D eigenvalue weighted by atomic mass is 35.5. The fourth-order valence-corrected chi connectivity index (χ4v) is 1.33. The third kappa shape index (κ3) is 1.71. The first-order valence-electron chi connectivity index (χ1n) is 3.67. The predicted molar refractivity (Wildman–Crippen MR) is 48.6 cm³/mol.